The maximum Gasteiger partial charge on any atom is 0.136 e. The van der Waals surface area contributed by atoms with Gasteiger partial charge in [0.2, 0.25) is 0 Å². The summed E-state index contributed by atoms with van der Waals surface area (Å²) in [6.45, 7) is 20.3. The molecule has 7 heteroatoms. The van der Waals surface area contributed by atoms with E-state index >= 15 is 0 Å². The summed E-state index contributed by atoms with van der Waals surface area (Å²) < 4.78 is 12.8. The number of anilines is 2. The Kier molecular flexibility index (Phi) is 11.6. The molecule has 0 amide bonds. The van der Waals surface area contributed by atoms with Gasteiger partial charge in [0.05, 0.1) is 11.3 Å². The number of fused-ring (bicyclic) bond motifs is 2. The Morgan fingerprint density at radius 3 is 2.42 bits per heavy atom. The maximum atomic E-state index is 12.8. The molecule has 4 aliphatic rings. The van der Waals surface area contributed by atoms with Gasteiger partial charge in [-0.1, -0.05) is 54.5 Å². The Morgan fingerprint density at radius 1 is 1.11 bits per heavy atom. The molecule has 0 spiro atoms. The number of nitrogens with two attached hydrogens (primary N) is 1. The van der Waals surface area contributed by atoms with E-state index in [1.807, 2.05) is 19.9 Å². The molecule has 4 heterocycles. The first-order valence-corrected chi connectivity index (χ1v) is 18.0. The highest BCUT2D eigenvalue weighted by atomic mass is 19.1. The van der Waals surface area contributed by atoms with Gasteiger partial charge in [-0.3, -0.25) is 4.90 Å². The lowest BCUT2D eigenvalue weighted by molar-refractivity contribution is 0.217. The van der Waals surface area contributed by atoms with Gasteiger partial charge in [-0.25, -0.2) is 14.4 Å². The van der Waals surface area contributed by atoms with Crippen molar-refractivity contribution in [2.24, 2.45) is 0 Å². The van der Waals surface area contributed by atoms with Crippen LogP contribution in [-0.2, 0) is 19.3 Å². The number of alkyl halides is 1. The zero-order valence-corrected chi connectivity index (χ0v) is 29.5. The van der Waals surface area contributed by atoms with Crippen LogP contribution in [0.15, 0.2) is 12.1 Å². The zero-order chi connectivity index (χ0) is 32.9. The van der Waals surface area contributed by atoms with Crippen LogP contribution in [0.5, 0.6) is 0 Å². The van der Waals surface area contributed by atoms with Gasteiger partial charge in [0.25, 0.3) is 0 Å². The molecule has 45 heavy (non-hydrogen) atoms. The molecule has 0 saturated carbocycles. The topological polar surface area (TPSA) is 82.1 Å². The first-order valence-electron chi connectivity index (χ1n) is 18.0. The van der Waals surface area contributed by atoms with E-state index in [1.165, 1.54) is 41.9 Å². The highest BCUT2D eigenvalue weighted by molar-refractivity contribution is 5.63. The number of rotatable bonds is 7. The molecule has 1 aliphatic carbocycles. The molecule has 3 aliphatic heterocycles. The number of aromatic nitrogens is 2. The first-order chi connectivity index (χ1) is 21.6. The lowest BCUT2D eigenvalue weighted by Crippen LogP contribution is -2.60. The zero-order valence-electron chi connectivity index (χ0n) is 29.5. The standard InChI is InChI=1S/C28H39N5.C8H14FN.C2H6/c1-6-18(5)20-12-13-23(30)22(17-29)26(20)19-10-11-21-24(16-19)31-25(7-2)32-27(21)33-15-14-28(33,8-3)9-4;1-8-3-2-4-10(8)6-7(9)5-8;1-2/h12-13,18-19H,6-11,14-16,30H2,1-5H3;7H,2-6H2,1H3;1-2H3. The minimum atomic E-state index is -0.551. The Bertz CT molecular complexity index is 1340. The second-order valence-corrected chi connectivity index (χ2v) is 13.8. The van der Waals surface area contributed by atoms with E-state index in [4.69, 9.17) is 15.7 Å². The fourth-order valence-corrected chi connectivity index (χ4v) is 8.40. The quantitative estimate of drug-likeness (QED) is 0.313. The van der Waals surface area contributed by atoms with E-state index in [0.717, 1.165) is 75.8 Å². The van der Waals surface area contributed by atoms with Crippen molar-refractivity contribution < 1.29 is 4.39 Å². The summed E-state index contributed by atoms with van der Waals surface area (Å²) >= 11 is 0. The van der Waals surface area contributed by atoms with Crippen molar-refractivity contribution >= 4 is 11.5 Å². The van der Waals surface area contributed by atoms with Gasteiger partial charge < -0.3 is 10.6 Å². The van der Waals surface area contributed by atoms with Crippen LogP contribution in [0.4, 0.5) is 15.9 Å². The third-order valence-electron chi connectivity index (χ3n) is 11.5. The van der Waals surface area contributed by atoms with Crippen molar-refractivity contribution in [3.8, 4) is 6.07 Å². The van der Waals surface area contributed by atoms with Gasteiger partial charge in [0.15, 0.2) is 0 Å². The third-order valence-corrected chi connectivity index (χ3v) is 11.5. The number of nitrogens with zero attached hydrogens (tertiary/aromatic N) is 5. The largest absolute Gasteiger partial charge is 0.398 e. The average molecular weight is 619 g/mol. The molecule has 4 unspecified atom stereocenters. The molecule has 0 bridgehead atoms. The fraction of sp³-hybridized carbons (Fsp3) is 0.711. The number of nitrogen functional groups attached to an aromatic ring is 1. The summed E-state index contributed by atoms with van der Waals surface area (Å²) in [7, 11) is 0. The number of hydrogen-bond acceptors (Lipinski definition) is 6. The predicted octanol–water partition coefficient (Wildman–Crippen LogP) is 8.66. The van der Waals surface area contributed by atoms with Crippen LogP contribution in [0.25, 0.3) is 0 Å². The van der Waals surface area contributed by atoms with E-state index in [2.05, 4.69) is 63.5 Å². The second-order valence-electron chi connectivity index (χ2n) is 13.8. The van der Waals surface area contributed by atoms with Crippen LogP contribution < -0.4 is 10.6 Å². The molecule has 3 fully saturated rings. The number of halogens is 1. The highest BCUT2D eigenvalue weighted by Gasteiger charge is 2.45. The van der Waals surface area contributed by atoms with Crippen LogP contribution in [-0.4, -0.2) is 51.8 Å². The molecule has 2 N–H and O–H groups in total. The van der Waals surface area contributed by atoms with Crippen LogP contribution in [0.1, 0.15) is 152 Å². The van der Waals surface area contributed by atoms with Crippen molar-refractivity contribution in [3.05, 3.63) is 45.9 Å². The van der Waals surface area contributed by atoms with E-state index < -0.39 is 6.17 Å². The summed E-state index contributed by atoms with van der Waals surface area (Å²) in [4.78, 5) is 15.0. The summed E-state index contributed by atoms with van der Waals surface area (Å²) in [5.41, 5.74) is 13.0. The van der Waals surface area contributed by atoms with E-state index in [1.54, 1.807) is 0 Å². The SMILES string of the molecule is CC.CC12CCCN1CC(F)C2.CCc1nc2c(c(N3CCC3(CC)CC)n1)CCC(c1c(C(C)CC)ccc(N)c1C#N)C2. The number of nitriles is 1. The molecule has 6 nitrogen and oxygen atoms in total. The summed E-state index contributed by atoms with van der Waals surface area (Å²) in [5, 5.41) is 9.99. The molecule has 1 aromatic heterocycles. The molecular formula is C38H59FN6. The van der Waals surface area contributed by atoms with Crippen molar-refractivity contribution in [1.29, 1.82) is 5.26 Å². The van der Waals surface area contributed by atoms with Gasteiger partial charge in [-0.05, 0) is 107 Å². The van der Waals surface area contributed by atoms with Crippen LogP contribution >= 0.6 is 0 Å². The predicted molar refractivity (Wildman–Crippen MR) is 186 cm³/mol. The second kappa shape index (κ2) is 14.8. The maximum absolute atomic E-state index is 12.8. The molecule has 4 atom stereocenters. The van der Waals surface area contributed by atoms with Crippen LogP contribution in [0.2, 0.25) is 0 Å². The summed E-state index contributed by atoms with van der Waals surface area (Å²) in [6, 6.07) is 6.49. The number of aryl methyl sites for hydroxylation is 1. The van der Waals surface area contributed by atoms with Crippen LogP contribution in [0, 0.1) is 11.3 Å². The monoisotopic (exact) mass is 618 g/mol. The van der Waals surface area contributed by atoms with Crippen molar-refractivity contribution in [2.45, 2.75) is 155 Å². The van der Waals surface area contributed by atoms with Gasteiger partial charge in [0, 0.05) is 41.8 Å². The number of benzene rings is 1. The fourth-order valence-electron chi connectivity index (χ4n) is 8.40. The minimum absolute atomic E-state index is 0.236. The van der Waals surface area contributed by atoms with Crippen molar-refractivity contribution in [2.75, 3.05) is 30.3 Å². The first kappa shape index (κ1) is 35.1. The average Bonchev–Trinajstić information content (AvgIpc) is 3.54. The summed E-state index contributed by atoms with van der Waals surface area (Å²) in [6.07, 6.45) is 10.9. The Morgan fingerprint density at radius 2 is 1.84 bits per heavy atom. The van der Waals surface area contributed by atoms with E-state index in [-0.39, 0.29) is 17.0 Å². The van der Waals surface area contributed by atoms with Crippen LogP contribution in [0.3, 0.4) is 0 Å². The van der Waals surface area contributed by atoms with Gasteiger partial charge in [-0.2, -0.15) is 5.26 Å². The molecule has 6 rings (SSSR count). The third kappa shape index (κ3) is 6.73. The Balaban J connectivity index is 0.000000320. The Hall–Kier alpha value is -2.72. The number of hydrogen-bond donors (Lipinski definition) is 1. The van der Waals surface area contributed by atoms with Gasteiger partial charge in [-0.15, -0.1) is 0 Å². The minimum Gasteiger partial charge on any atom is -0.398 e. The summed E-state index contributed by atoms with van der Waals surface area (Å²) in [5.74, 6) is 2.79. The van der Waals surface area contributed by atoms with Crippen molar-refractivity contribution in [3.63, 3.8) is 0 Å². The molecule has 0 radical (unpaired) electrons. The van der Waals surface area contributed by atoms with E-state index in [9.17, 15) is 9.65 Å². The molecule has 3 saturated heterocycles. The lowest BCUT2D eigenvalue weighted by Gasteiger charge is -2.54. The van der Waals surface area contributed by atoms with Gasteiger partial charge >= 0.3 is 0 Å². The lowest BCUT2D eigenvalue weighted by atomic mass is 9.75. The molecular weight excluding hydrogens is 559 g/mol. The van der Waals surface area contributed by atoms with E-state index in [0.29, 0.717) is 23.7 Å². The van der Waals surface area contributed by atoms with Crippen molar-refractivity contribution in [1.82, 2.24) is 14.9 Å². The molecule has 1 aromatic carbocycles. The van der Waals surface area contributed by atoms with Gasteiger partial charge in [0.1, 0.15) is 23.9 Å². The smallest absolute Gasteiger partial charge is 0.136 e. The molecule has 248 valence electrons. The Labute approximate surface area is 273 Å². The normalized spacial score (nSPS) is 25.5. The highest BCUT2D eigenvalue weighted by Crippen LogP contribution is 2.46. The molecule has 2 aromatic rings.